The van der Waals surface area contributed by atoms with Gasteiger partial charge < -0.3 is 39.2 Å². The highest BCUT2D eigenvalue weighted by Gasteiger charge is 2.26. The van der Waals surface area contributed by atoms with Gasteiger partial charge in [0.15, 0.2) is 0 Å². The predicted molar refractivity (Wildman–Crippen MR) is 435 cm³/mol. The number of anilines is 4. The summed E-state index contributed by atoms with van der Waals surface area (Å²) in [6, 6.07) is 58.0. The average molecular weight is 1330 g/mol. The first-order valence-corrected chi connectivity index (χ1v) is 35.9. The second kappa shape index (κ2) is 33.7. The zero-order valence-corrected chi connectivity index (χ0v) is 61.5. The maximum atomic E-state index is 2.31. The van der Waals surface area contributed by atoms with Gasteiger partial charge in [-0.1, -0.05) is 240 Å². The second-order valence-electron chi connectivity index (χ2n) is 27.4. The van der Waals surface area contributed by atoms with Gasteiger partial charge >= 0.3 is 0 Å². The summed E-state index contributed by atoms with van der Waals surface area (Å²) in [6.07, 6.45) is 62.2. The average Bonchev–Trinajstić information content (AvgIpc) is 0.842. The van der Waals surface area contributed by atoms with E-state index in [9.17, 15) is 0 Å². The van der Waals surface area contributed by atoms with Crippen LogP contribution in [0.25, 0.3) is 29.1 Å². The van der Waals surface area contributed by atoms with Gasteiger partial charge in [-0.2, -0.15) is 0 Å². The number of likely N-dealkylation sites (N-methyl/N-ethyl adjacent to an activating group) is 2. The topological polar surface area (TPSA) is 25.9 Å². The normalized spacial score (nSPS) is 20.9. The fraction of sp³-hybridized carbons (Fsp3) is 0.226. The van der Waals surface area contributed by atoms with Crippen LogP contribution < -0.4 is 25.1 Å². The van der Waals surface area contributed by atoms with E-state index in [1.54, 1.807) is 0 Å². The summed E-state index contributed by atoms with van der Waals surface area (Å²) in [5.74, 6) is 2.17. The molecule has 11 aliphatic rings. The van der Waals surface area contributed by atoms with Crippen LogP contribution in [0.2, 0.25) is 0 Å². The first kappa shape index (κ1) is 71.3. The molecule has 0 spiro atoms. The highest BCUT2D eigenvalue weighted by atomic mass is 15.2. The Morgan fingerprint density at radius 2 is 0.901 bits per heavy atom. The van der Waals surface area contributed by atoms with Crippen molar-refractivity contribution in [2.45, 2.75) is 90.4 Å². The molecule has 8 heteroatoms. The Kier molecular flexibility index (Phi) is 23.8. The van der Waals surface area contributed by atoms with E-state index in [1.807, 2.05) is 18.0 Å². The summed E-state index contributed by atoms with van der Waals surface area (Å²) in [4.78, 5) is 17.7. The highest BCUT2D eigenvalue weighted by Crippen LogP contribution is 2.44. The van der Waals surface area contributed by atoms with Crippen molar-refractivity contribution in [3.8, 4) is 0 Å². The number of rotatable bonds is 0. The SMILES string of the molecule is CC1C=CC=C2C=c3ccccc3=CN21.CC1C=CC=CN1C.CC1C=CN(C)C=C1.CC1C=CN(C)c2cc3ccccc3cc21.CC1C=CN(C)c2ccccc21.CC1c2ccccc2C=C2C=CC=CN21.CC1c2ccccc2N(C)c2ccccc21.CN1C=CC=C2C=CC=CC21. The summed E-state index contributed by atoms with van der Waals surface area (Å²) in [7, 11) is 12.5. The van der Waals surface area contributed by atoms with Crippen LogP contribution >= 0.6 is 0 Å². The van der Waals surface area contributed by atoms with E-state index in [0.29, 0.717) is 47.8 Å². The first-order valence-electron chi connectivity index (χ1n) is 35.9. The molecular weight excluding hydrogens is 1230 g/mol. The van der Waals surface area contributed by atoms with Crippen LogP contribution in [0.15, 0.2) is 334 Å². The molecule has 514 valence electrons. The van der Waals surface area contributed by atoms with Gasteiger partial charge in [-0.15, -0.1) is 0 Å². The lowest BCUT2D eigenvalue weighted by molar-refractivity contribution is 0.374. The van der Waals surface area contributed by atoms with E-state index in [4.69, 9.17) is 0 Å². The molecule has 0 fully saturated rings. The van der Waals surface area contributed by atoms with Crippen molar-refractivity contribution in [1.29, 1.82) is 0 Å². The summed E-state index contributed by atoms with van der Waals surface area (Å²) < 4.78 is 0. The van der Waals surface area contributed by atoms with Gasteiger partial charge in [0, 0.05) is 131 Å². The molecule has 0 N–H and O–H groups in total. The van der Waals surface area contributed by atoms with E-state index >= 15 is 0 Å². The minimum Gasteiger partial charge on any atom is -0.374 e. The van der Waals surface area contributed by atoms with Gasteiger partial charge in [-0.25, -0.2) is 0 Å². The van der Waals surface area contributed by atoms with Crippen molar-refractivity contribution in [1.82, 2.24) is 24.5 Å². The van der Waals surface area contributed by atoms with Crippen molar-refractivity contribution < 1.29 is 0 Å². The fourth-order valence-corrected chi connectivity index (χ4v) is 13.8. The molecule has 7 aromatic carbocycles. The first-order chi connectivity index (χ1) is 49.0. The van der Waals surface area contributed by atoms with E-state index in [-0.39, 0.29) is 0 Å². The van der Waals surface area contributed by atoms with Crippen LogP contribution in [0.4, 0.5) is 22.7 Å². The Morgan fingerprint density at radius 3 is 1.55 bits per heavy atom. The number of allylic oxidation sites excluding steroid dienone is 16. The van der Waals surface area contributed by atoms with Crippen LogP contribution in [0.5, 0.6) is 0 Å². The molecule has 6 unspecified atom stereocenters. The third-order valence-corrected chi connectivity index (χ3v) is 20.2. The molecular formula is C93H102N8. The van der Waals surface area contributed by atoms with E-state index in [2.05, 4.69) is 447 Å². The smallest absolute Gasteiger partial charge is 0.0720 e. The molecule has 1 aliphatic carbocycles. The molecule has 0 aromatic heterocycles. The number of fused-ring (bicyclic) bond motifs is 10. The van der Waals surface area contributed by atoms with Crippen molar-refractivity contribution in [2.24, 2.45) is 5.92 Å². The van der Waals surface area contributed by atoms with Crippen molar-refractivity contribution >= 4 is 51.9 Å². The third kappa shape index (κ3) is 17.6. The van der Waals surface area contributed by atoms with Crippen LogP contribution in [0, 0.1) is 5.92 Å². The van der Waals surface area contributed by atoms with Gasteiger partial charge in [0.1, 0.15) is 0 Å². The van der Waals surface area contributed by atoms with Crippen molar-refractivity contribution in [3.63, 3.8) is 0 Å². The summed E-state index contributed by atoms with van der Waals surface area (Å²) in [5, 5.41) is 5.26. The van der Waals surface area contributed by atoms with Crippen molar-refractivity contribution in [2.75, 3.05) is 57.0 Å². The number of hydrogen-bond acceptors (Lipinski definition) is 8. The summed E-state index contributed by atoms with van der Waals surface area (Å²) in [6.45, 7) is 15.5. The molecule has 0 saturated carbocycles. The Labute approximate surface area is 603 Å². The van der Waals surface area contributed by atoms with Crippen LogP contribution in [-0.4, -0.2) is 84.9 Å². The number of nitrogens with zero attached hydrogens (tertiary/aromatic N) is 8. The zero-order chi connectivity index (χ0) is 70.9. The highest BCUT2D eigenvalue weighted by molar-refractivity contribution is 5.88. The largest absolute Gasteiger partial charge is 0.374 e. The molecule has 6 atom stereocenters. The molecule has 0 radical (unpaired) electrons. The standard InChI is InChI=1S/2C15H15N.2C14H13N.C11H13N.C10H11N.2C7H11N/c1-11-12-7-3-5-9-14(12)16(2)15-10-6-4-8-13(11)15;1-11-7-8-16(2)15-10-13-6-4-3-5-12(13)9-14(11)15;1-11-14-8-3-2-6-12(14)10-13-7-4-5-9-15(11)13;1-11-5-4-8-14-9-12-6-2-3-7-13(12)10-15(11)14;1-9-7-8-12(2)11-6-4-3-5-10(9)11;1-11-8-4-6-9-5-2-3-7-10(9)11;1-7-3-5-8(2)6-4-7;1-7-5-3-4-6-8(7)2/h2*3-11H,1-2H3;2*2-11H,1H3;3-9H,1-2H3;2-8,10H,1H3;2*3-7H,1-2H3. The molecule has 8 nitrogen and oxygen atoms in total. The summed E-state index contributed by atoms with van der Waals surface area (Å²) in [5.41, 5.74) is 17.7. The molecule has 0 amide bonds. The Balaban J connectivity index is 0.000000118. The molecule has 0 saturated heterocycles. The Morgan fingerprint density at radius 1 is 0.347 bits per heavy atom. The van der Waals surface area contributed by atoms with Gasteiger partial charge in [0.2, 0.25) is 0 Å². The van der Waals surface area contributed by atoms with E-state index in [0.717, 1.165) is 0 Å². The van der Waals surface area contributed by atoms with Crippen LogP contribution in [-0.2, 0) is 0 Å². The maximum absolute atomic E-state index is 2.31. The lowest BCUT2D eigenvalue weighted by Gasteiger charge is -2.35. The van der Waals surface area contributed by atoms with E-state index in [1.165, 1.54) is 94.3 Å². The molecule has 101 heavy (non-hydrogen) atoms. The maximum Gasteiger partial charge on any atom is 0.0720 e. The lowest BCUT2D eigenvalue weighted by atomic mass is 9.86. The predicted octanol–water partition coefficient (Wildman–Crippen LogP) is 20.3. The molecule has 10 heterocycles. The minimum atomic E-state index is 0.433. The molecule has 10 aliphatic heterocycles. The molecule has 7 aromatic rings. The number of para-hydroxylation sites is 3. The van der Waals surface area contributed by atoms with Gasteiger partial charge in [-0.05, 0) is 185 Å². The van der Waals surface area contributed by atoms with Crippen molar-refractivity contribution in [3.05, 3.63) is 377 Å². The second-order valence-corrected chi connectivity index (χ2v) is 27.4. The zero-order valence-electron chi connectivity index (χ0n) is 61.5. The van der Waals surface area contributed by atoms with Crippen LogP contribution in [0.1, 0.15) is 106 Å². The monoisotopic (exact) mass is 1330 g/mol. The number of benzene rings is 7. The fourth-order valence-electron chi connectivity index (χ4n) is 13.8. The Bertz CT molecular complexity index is 4450. The molecule has 18 rings (SSSR count). The minimum absolute atomic E-state index is 0.433. The van der Waals surface area contributed by atoms with E-state index < -0.39 is 0 Å². The van der Waals surface area contributed by atoms with Gasteiger partial charge in [0.25, 0.3) is 0 Å². The third-order valence-electron chi connectivity index (χ3n) is 20.2. The quantitative estimate of drug-likeness (QED) is 0.148. The van der Waals surface area contributed by atoms with Crippen LogP contribution in [0.3, 0.4) is 0 Å². The lowest BCUT2D eigenvalue weighted by Crippen LogP contribution is -2.38. The summed E-state index contributed by atoms with van der Waals surface area (Å²) >= 11 is 0. The number of hydrogen-bond donors (Lipinski definition) is 0. The molecule has 0 bridgehead atoms. The van der Waals surface area contributed by atoms with Gasteiger partial charge in [-0.3, -0.25) is 0 Å². The Hall–Kier alpha value is -11.0. The van der Waals surface area contributed by atoms with Gasteiger partial charge in [0.05, 0.1) is 12.1 Å².